The van der Waals surface area contributed by atoms with E-state index in [-0.39, 0.29) is 0 Å². The zero-order valence-electron chi connectivity index (χ0n) is 15.3. The first-order valence-corrected chi connectivity index (χ1v) is 8.97. The fourth-order valence-corrected chi connectivity index (χ4v) is 3.69. The molecule has 0 saturated carbocycles. The third-order valence-corrected chi connectivity index (χ3v) is 5.18. The number of hydrogen-bond acceptors (Lipinski definition) is 4. The van der Waals surface area contributed by atoms with Gasteiger partial charge in [0.15, 0.2) is 5.69 Å². The first-order chi connectivity index (χ1) is 12.0. The topological polar surface area (TPSA) is 56.7 Å². The number of aryl methyl sites for hydroxylation is 2. The molecule has 130 valence electrons. The highest BCUT2D eigenvalue weighted by atomic mass is 16.5. The number of hydrogen-bond donors (Lipinski definition) is 0. The largest absolute Gasteiger partial charge is 0.332 e. The zero-order valence-corrected chi connectivity index (χ0v) is 15.3. The first-order valence-electron chi connectivity index (χ1n) is 8.97. The lowest BCUT2D eigenvalue weighted by molar-refractivity contribution is 0.304. The van der Waals surface area contributed by atoms with Gasteiger partial charge in [0, 0.05) is 23.4 Å². The van der Waals surface area contributed by atoms with E-state index in [0.29, 0.717) is 17.1 Å². The molecule has 0 aliphatic heterocycles. The van der Waals surface area contributed by atoms with Crippen molar-refractivity contribution < 1.29 is 4.52 Å². The van der Waals surface area contributed by atoms with Crippen LogP contribution in [-0.4, -0.2) is 19.9 Å². The maximum Gasteiger partial charge on any atom is 0.279 e. The average molecular weight is 336 g/mol. The Kier molecular flexibility index (Phi) is 3.74. The molecular formula is C20H24N4O. The fraction of sp³-hybridized carbons (Fsp3) is 0.450. The molecule has 0 spiro atoms. The third-order valence-electron chi connectivity index (χ3n) is 5.18. The van der Waals surface area contributed by atoms with Crippen molar-refractivity contribution in [3.05, 3.63) is 41.1 Å². The Morgan fingerprint density at radius 3 is 2.80 bits per heavy atom. The average Bonchev–Trinajstić information content (AvgIpc) is 3.18. The summed E-state index contributed by atoms with van der Waals surface area (Å²) >= 11 is 0. The Balaban J connectivity index is 1.77. The Hall–Kier alpha value is -2.43. The predicted molar refractivity (Wildman–Crippen MR) is 97.2 cm³/mol. The second-order valence-corrected chi connectivity index (χ2v) is 7.67. The molecule has 0 bridgehead atoms. The smallest absolute Gasteiger partial charge is 0.279 e. The summed E-state index contributed by atoms with van der Waals surface area (Å²) in [6, 6.07) is 8.09. The van der Waals surface area contributed by atoms with Crippen molar-refractivity contribution in [1.82, 2.24) is 19.9 Å². The molecule has 1 aromatic carbocycles. The van der Waals surface area contributed by atoms with Gasteiger partial charge in [-0.05, 0) is 44.1 Å². The van der Waals surface area contributed by atoms with Crippen LogP contribution in [0.1, 0.15) is 44.0 Å². The highest BCUT2D eigenvalue weighted by Gasteiger charge is 2.32. The van der Waals surface area contributed by atoms with Crippen LogP contribution < -0.4 is 0 Å². The van der Waals surface area contributed by atoms with Gasteiger partial charge >= 0.3 is 0 Å². The fourth-order valence-electron chi connectivity index (χ4n) is 3.69. The van der Waals surface area contributed by atoms with E-state index in [1.807, 2.05) is 18.2 Å². The highest BCUT2D eigenvalue weighted by Crippen LogP contribution is 2.39. The minimum Gasteiger partial charge on any atom is -0.332 e. The highest BCUT2D eigenvalue weighted by molar-refractivity contribution is 5.63. The Morgan fingerprint density at radius 2 is 2.04 bits per heavy atom. The van der Waals surface area contributed by atoms with Gasteiger partial charge in [-0.2, -0.15) is 10.1 Å². The van der Waals surface area contributed by atoms with E-state index in [0.717, 1.165) is 42.6 Å². The molecule has 1 aliphatic carbocycles. The van der Waals surface area contributed by atoms with Crippen LogP contribution in [-0.2, 0) is 19.4 Å². The Bertz CT molecular complexity index is 920. The van der Waals surface area contributed by atoms with Crippen molar-refractivity contribution in [2.45, 2.75) is 53.5 Å². The van der Waals surface area contributed by atoms with Crippen LogP contribution in [0.4, 0.5) is 0 Å². The molecule has 2 heterocycles. The minimum atomic E-state index is 0.318. The van der Waals surface area contributed by atoms with E-state index in [1.165, 1.54) is 11.3 Å². The summed E-state index contributed by atoms with van der Waals surface area (Å²) in [5, 5.41) is 9.00. The summed E-state index contributed by atoms with van der Waals surface area (Å²) in [6.45, 7) is 9.70. The van der Waals surface area contributed by atoms with Crippen molar-refractivity contribution in [2.75, 3.05) is 0 Å². The van der Waals surface area contributed by atoms with Crippen molar-refractivity contribution in [3.63, 3.8) is 0 Å². The lowest BCUT2D eigenvalue weighted by atomic mass is 9.76. The molecule has 4 rings (SSSR count). The van der Waals surface area contributed by atoms with Gasteiger partial charge < -0.3 is 4.52 Å². The molecule has 0 radical (unpaired) electrons. The standard InChI is InChI=1S/C20H24N4O/c1-5-24-16-12-20(3,4)11-10-15(16)17(22-24)19-21-18(23-25-19)14-9-7-6-8-13(14)2/h6-9H,5,10-12H2,1-4H3. The van der Waals surface area contributed by atoms with Gasteiger partial charge in [-0.3, -0.25) is 4.68 Å². The van der Waals surface area contributed by atoms with Gasteiger partial charge in [0.05, 0.1) is 0 Å². The summed E-state index contributed by atoms with van der Waals surface area (Å²) in [4.78, 5) is 4.65. The summed E-state index contributed by atoms with van der Waals surface area (Å²) in [7, 11) is 0. The Morgan fingerprint density at radius 1 is 1.24 bits per heavy atom. The zero-order chi connectivity index (χ0) is 17.6. The number of aromatic nitrogens is 4. The molecule has 3 aromatic rings. The van der Waals surface area contributed by atoms with Crippen LogP contribution in [0.2, 0.25) is 0 Å². The van der Waals surface area contributed by atoms with E-state index in [9.17, 15) is 0 Å². The second-order valence-electron chi connectivity index (χ2n) is 7.67. The molecule has 0 atom stereocenters. The van der Waals surface area contributed by atoms with Crippen LogP contribution >= 0.6 is 0 Å². The summed E-state index contributed by atoms with van der Waals surface area (Å²) in [6.07, 6.45) is 3.21. The van der Waals surface area contributed by atoms with Gasteiger partial charge in [-0.15, -0.1) is 0 Å². The normalized spacial score (nSPS) is 16.0. The lowest BCUT2D eigenvalue weighted by Gasteiger charge is -2.30. The van der Waals surface area contributed by atoms with E-state index in [2.05, 4.69) is 48.6 Å². The molecule has 0 fully saturated rings. The summed E-state index contributed by atoms with van der Waals surface area (Å²) in [5.41, 5.74) is 5.92. The van der Waals surface area contributed by atoms with Crippen LogP contribution in [0.15, 0.2) is 28.8 Å². The van der Waals surface area contributed by atoms with E-state index < -0.39 is 0 Å². The van der Waals surface area contributed by atoms with Gasteiger partial charge in [0.25, 0.3) is 5.89 Å². The van der Waals surface area contributed by atoms with E-state index >= 15 is 0 Å². The van der Waals surface area contributed by atoms with Crippen LogP contribution in [0.5, 0.6) is 0 Å². The summed E-state index contributed by atoms with van der Waals surface area (Å²) < 4.78 is 7.70. The minimum absolute atomic E-state index is 0.318. The van der Waals surface area contributed by atoms with E-state index in [1.54, 1.807) is 0 Å². The predicted octanol–water partition coefficient (Wildman–Crippen LogP) is 4.44. The Labute approximate surface area is 148 Å². The first kappa shape index (κ1) is 16.1. The number of benzene rings is 1. The molecule has 1 aliphatic rings. The van der Waals surface area contributed by atoms with Gasteiger partial charge in [-0.25, -0.2) is 0 Å². The molecule has 0 unspecified atom stereocenters. The molecule has 2 aromatic heterocycles. The van der Waals surface area contributed by atoms with Gasteiger partial charge in [0.2, 0.25) is 5.82 Å². The quantitative estimate of drug-likeness (QED) is 0.709. The maximum absolute atomic E-state index is 5.60. The van der Waals surface area contributed by atoms with Crippen molar-refractivity contribution >= 4 is 0 Å². The third kappa shape index (κ3) is 2.77. The van der Waals surface area contributed by atoms with Gasteiger partial charge in [0.1, 0.15) is 0 Å². The van der Waals surface area contributed by atoms with Crippen molar-refractivity contribution in [2.24, 2.45) is 5.41 Å². The molecule has 25 heavy (non-hydrogen) atoms. The number of nitrogens with zero attached hydrogens (tertiary/aromatic N) is 4. The summed E-state index contributed by atoms with van der Waals surface area (Å²) in [5.74, 6) is 1.16. The molecule has 5 heteroatoms. The molecule has 0 N–H and O–H groups in total. The lowest BCUT2D eigenvalue weighted by Crippen LogP contribution is -2.24. The van der Waals surface area contributed by atoms with Gasteiger partial charge in [-0.1, -0.05) is 43.3 Å². The molecule has 5 nitrogen and oxygen atoms in total. The van der Waals surface area contributed by atoms with Crippen molar-refractivity contribution in [3.8, 4) is 23.0 Å². The monoisotopic (exact) mass is 336 g/mol. The molecule has 0 amide bonds. The molecular weight excluding hydrogens is 312 g/mol. The number of fused-ring (bicyclic) bond motifs is 1. The SMILES string of the molecule is CCn1nc(-c2nc(-c3ccccc3C)no2)c2c1CC(C)(C)CC2. The number of rotatable bonds is 3. The van der Waals surface area contributed by atoms with Crippen LogP contribution in [0, 0.1) is 12.3 Å². The maximum atomic E-state index is 5.60. The molecule has 0 saturated heterocycles. The van der Waals surface area contributed by atoms with Crippen LogP contribution in [0.25, 0.3) is 23.0 Å². The van der Waals surface area contributed by atoms with Crippen LogP contribution in [0.3, 0.4) is 0 Å². The van der Waals surface area contributed by atoms with Crippen molar-refractivity contribution in [1.29, 1.82) is 0 Å². The van der Waals surface area contributed by atoms with E-state index in [4.69, 9.17) is 9.62 Å². The second kappa shape index (κ2) is 5.83.